The Kier molecular flexibility index (Phi) is 10.0. The molecule has 29 heavy (non-hydrogen) atoms. The Balaban J connectivity index is 1.89. The van der Waals surface area contributed by atoms with Crippen LogP contribution < -0.4 is 5.06 Å². The summed E-state index contributed by atoms with van der Waals surface area (Å²) in [5, 5.41) is 11.6. The van der Waals surface area contributed by atoms with Crippen molar-refractivity contribution in [1.29, 1.82) is 0 Å². The summed E-state index contributed by atoms with van der Waals surface area (Å²) in [5.74, 6) is 0. The molecule has 6 nitrogen and oxygen atoms in total. The molecule has 2 aromatic carbocycles. The Morgan fingerprint density at radius 2 is 1.48 bits per heavy atom. The first kappa shape index (κ1) is 23.2. The van der Waals surface area contributed by atoms with Gasteiger partial charge >= 0.3 is 8.80 Å². The van der Waals surface area contributed by atoms with Gasteiger partial charge in [-0.1, -0.05) is 30.3 Å². The van der Waals surface area contributed by atoms with Gasteiger partial charge in [-0.05, 0) is 57.0 Å². The quantitative estimate of drug-likeness (QED) is 0.280. The maximum absolute atomic E-state index is 10.4. The summed E-state index contributed by atoms with van der Waals surface area (Å²) < 4.78 is 17.6. The van der Waals surface area contributed by atoms with Crippen LogP contribution >= 0.6 is 0 Å². The Hall–Kier alpha value is -2.03. The van der Waals surface area contributed by atoms with Crippen LogP contribution in [0.25, 0.3) is 0 Å². The van der Waals surface area contributed by atoms with Crippen molar-refractivity contribution in [3.05, 3.63) is 60.2 Å². The number of para-hydroxylation sites is 1. The van der Waals surface area contributed by atoms with Crippen LogP contribution in [0.4, 0.5) is 11.4 Å². The van der Waals surface area contributed by atoms with E-state index in [2.05, 4.69) is 4.99 Å². The molecule has 0 bridgehead atoms. The highest BCUT2D eigenvalue weighted by molar-refractivity contribution is 6.60. The molecule has 0 spiro atoms. The van der Waals surface area contributed by atoms with Crippen LogP contribution in [0, 0.1) is 0 Å². The van der Waals surface area contributed by atoms with Crippen molar-refractivity contribution in [1.82, 2.24) is 0 Å². The predicted molar refractivity (Wildman–Crippen MR) is 119 cm³/mol. The van der Waals surface area contributed by atoms with Crippen LogP contribution in [0.5, 0.6) is 0 Å². The van der Waals surface area contributed by atoms with E-state index in [4.69, 9.17) is 13.3 Å². The lowest BCUT2D eigenvalue weighted by Crippen LogP contribution is -2.46. The Bertz CT molecular complexity index is 708. The van der Waals surface area contributed by atoms with Crippen molar-refractivity contribution in [2.24, 2.45) is 4.99 Å². The lowest BCUT2D eigenvalue weighted by molar-refractivity contribution is 0.0705. The van der Waals surface area contributed by atoms with Gasteiger partial charge in [0, 0.05) is 38.6 Å². The van der Waals surface area contributed by atoms with E-state index in [9.17, 15) is 5.21 Å². The molecule has 0 radical (unpaired) electrons. The Labute approximate surface area is 175 Å². The van der Waals surface area contributed by atoms with Gasteiger partial charge in [0.1, 0.15) is 0 Å². The van der Waals surface area contributed by atoms with Crippen molar-refractivity contribution in [3.8, 4) is 0 Å². The van der Waals surface area contributed by atoms with Crippen molar-refractivity contribution in [3.63, 3.8) is 0 Å². The molecule has 0 aliphatic heterocycles. The van der Waals surface area contributed by atoms with Gasteiger partial charge < -0.3 is 13.3 Å². The van der Waals surface area contributed by atoms with E-state index in [1.54, 1.807) is 0 Å². The standard InChI is InChI=1S/C22H32N2O4Si/c1-4-26-29(27-5-2,28-6-3)18-10-17-24(25)22-15-13-20(14-16-22)19-23-21-11-8-7-9-12-21/h7-9,11-16,19,25H,4-6,10,17-18H2,1-3H3. The van der Waals surface area contributed by atoms with Gasteiger partial charge in [0.05, 0.1) is 11.4 Å². The number of anilines is 1. The summed E-state index contributed by atoms with van der Waals surface area (Å²) in [4.78, 5) is 4.44. The summed E-state index contributed by atoms with van der Waals surface area (Å²) in [6.45, 7) is 7.98. The number of rotatable bonds is 13. The number of nitrogens with zero attached hydrogens (tertiary/aromatic N) is 2. The Morgan fingerprint density at radius 1 is 0.897 bits per heavy atom. The van der Waals surface area contributed by atoms with Crippen molar-refractivity contribution < 1.29 is 18.5 Å². The summed E-state index contributed by atoms with van der Waals surface area (Å²) in [5.41, 5.74) is 2.62. The van der Waals surface area contributed by atoms with Gasteiger partial charge in [-0.3, -0.25) is 15.3 Å². The highest BCUT2D eigenvalue weighted by atomic mass is 28.4. The van der Waals surface area contributed by atoms with E-state index >= 15 is 0 Å². The minimum absolute atomic E-state index is 0.472. The molecule has 0 aliphatic rings. The lowest BCUT2D eigenvalue weighted by Gasteiger charge is -2.29. The monoisotopic (exact) mass is 416 g/mol. The van der Waals surface area contributed by atoms with Gasteiger partial charge in [0.15, 0.2) is 0 Å². The van der Waals surface area contributed by atoms with Crippen molar-refractivity contribution in [2.75, 3.05) is 31.4 Å². The average Bonchev–Trinajstić information content (AvgIpc) is 2.74. The predicted octanol–water partition coefficient (Wildman–Crippen LogP) is 5.07. The van der Waals surface area contributed by atoms with E-state index in [1.807, 2.05) is 81.6 Å². The zero-order chi connectivity index (χ0) is 21.0. The molecule has 0 saturated heterocycles. The maximum atomic E-state index is 10.4. The summed E-state index contributed by atoms with van der Waals surface area (Å²) in [6, 6.07) is 18.1. The third-order valence-electron chi connectivity index (χ3n) is 4.26. The van der Waals surface area contributed by atoms with Crippen LogP contribution in [-0.4, -0.2) is 46.6 Å². The molecule has 0 atom stereocenters. The molecule has 7 heteroatoms. The molecule has 2 rings (SSSR count). The molecular formula is C22H32N2O4Si. The second-order valence-corrected chi connectivity index (χ2v) is 9.13. The van der Waals surface area contributed by atoms with E-state index < -0.39 is 8.80 Å². The van der Waals surface area contributed by atoms with Gasteiger partial charge in [-0.2, -0.15) is 0 Å². The normalized spacial score (nSPS) is 11.9. The third-order valence-corrected chi connectivity index (χ3v) is 7.41. The molecule has 0 aromatic heterocycles. The molecule has 0 aliphatic carbocycles. The zero-order valence-corrected chi connectivity index (χ0v) is 18.6. The minimum Gasteiger partial charge on any atom is -0.374 e. The molecule has 0 saturated carbocycles. The molecule has 2 aromatic rings. The summed E-state index contributed by atoms with van der Waals surface area (Å²) in [7, 11) is -2.67. The van der Waals surface area contributed by atoms with Crippen LogP contribution in [-0.2, 0) is 13.3 Å². The van der Waals surface area contributed by atoms with E-state index in [1.165, 1.54) is 5.06 Å². The zero-order valence-electron chi connectivity index (χ0n) is 17.6. The maximum Gasteiger partial charge on any atom is 0.500 e. The average molecular weight is 417 g/mol. The van der Waals surface area contributed by atoms with Gasteiger partial charge in [0.2, 0.25) is 0 Å². The van der Waals surface area contributed by atoms with Gasteiger partial charge in [-0.15, -0.1) is 0 Å². The molecule has 1 N–H and O–H groups in total. The molecule has 0 amide bonds. The molecule has 0 heterocycles. The molecule has 158 valence electrons. The number of hydrogen-bond acceptors (Lipinski definition) is 6. The molecular weight excluding hydrogens is 384 g/mol. The highest BCUT2D eigenvalue weighted by Crippen LogP contribution is 2.20. The van der Waals surface area contributed by atoms with E-state index in [-0.39, 0.29) is 0 Å². The first-order valence-corrected chi connectivity index (χ1v) is 12.1. The minimum atomic E-state index is -2.67. The number of hydrogen-bond donors (Lipinski definition) is 1. The van der Waals surface area contributed by atoms with E-state index in [0.29, 0.717) is 38.8 Å². The molecule has 0 unspecified atom stereocenters. The highest BCUT2D eigenvalue weighted by Gasteiger charge is 2.39. The summed E-state index contributed by atoms with van der Waals surface area (Å²) >= 11 is 0. The third kappa shape index (κ3) is 7.72. The first-order valence-electron chi connectivity index (χ1n) is 10.2. The summed E-state index contributed by atoms with van der Waals surface area (Å²) in [6.07, 6.45) is 2.52. The second-order valence-electron chi connectivity index (χ2n) is 6.39. The van der Waals surface area contributed by atoms with Crippen LogP contribution in [0.1, 0.15) is 32.8 Å². The van der Waals surface area contributed by atoms with Gasteiger partial charge in [-0.25, -0.2) is 0 Å². The smallest absolute Gasteiger partial charge is 0.374 e. The second kappa shape index (κ2) is 12.5. The first-order chi connectivity index (χ1) is 14.1. The fourth-order valence-corrected chi connectivity index (χ4v) is 5.56. The van der Waals surface area contributed by atoms with Crippen LogP contribution in [0.2, 0.25) is 6.04 Å². The van der Waals surface area contributed by atoms with Crippen LogP contribution in [0.3, 0.4) is 0 Å². The van der Waals surface area contributed by atoms with Gasteiger partial charge in [0.25, 0.3) is 0 Å². The number of benzene rings is 2. The Morgan fingerprint density at radius 3 is 2.03 bits per heavy atom. The van der Waals surface area contributed by atoms with E-state index in [0.717, 1.165) is 16.9 Å². The SMILES string of the molecule is CCO[Si](CCCN(O)c1ccc(C=Nc2ccccc2)cc1)(OCC)OCC. The van der Waals surface area contributed by atoms with Crippen LogP contribution in [0.15, 0.2) is 59.6 Å². The molecule has 0 fully saturated rings. The fourth-order valence-electron chi connectivity index (χ4n) is 2.97. The largest absolute Gasteiger partial charge is 0.500 e. The number of hydroxylamine groups is 1. The lowest BCUT2D eigenvalue weighted by atomic mass is 10.2. The topological polar surface area (TPSA) is 63.5 Å². The fraction of sp³-hybridized carbons (Fsp3) is 0.409. The van der Waals surface area contributed by atoms with Crippen molar-refractivity contribution >= 4 is 26.4 Å². The van der Waals surface area contributed by atoms with Crippen molar-refractivity contribution in [2.45, 2.75) is 33.2 Å². The number of aliphatic imine (C=N–C) groups is 1.